The van der Waals surface area contributed by atoms with Crippen molar-refractivity contribution in [1.29, 1.82) is 5.26 Å². The highest BCUT2D eigenvalue weighted by atomic mass is 127. The summed E-state index contributed by atoms with van der Waals surface area (Å²) in [5, 5.41) is 17.2. The second-order valence-corrected chi connectivity index (χ2v) is 4.00. The number of alkyl halides is 2. The summed E-state index contributed by atoms with van der Waals surface area (Å²) in [5.41, 5.74) is -0.770. The fourth-order valence-electron chi connectivity index (χ4n) is 1.11. The summed E-state index contributed by atoms with van der Waals surface area (Å²) in [5.74, 6) is -1.13. The molecule has 0 saturated carbocycles. The molecule has 0 radical (unpaired) electrons. The van der Waals surface area contributed by atoms with Gasteiger partial charge in [-0.3, -0.25) is 4.79 Å². The third-order valence-corrected chi connectivity index (χ3v) is 2.61. The molecule has 0 saturated heterocycles. The van der Waals surface area contributed by atoms with Crippen LogP contribution in [0, 0.1) is 14.9 Å². The molecule has 0 fully saturated rings. The van der Waals surface area contributed by atoms with Crippen molar-refractivity contribution in [2.24, 2.45) is 0 Å². The van der Waals surface area contributed by atoms with Crippen LogP contribution >= 0.6 is 22.6 Å². The van der Waals surface area contributed by atoms with E-state index in [9.17, 15) is 13.6 Å². The Morgan fingerprint density at radius 1 is 1.69 bits per heavy atom. The number of pyridine rings is 1. The number of carbonyl (C=O) groups is 1. The Labute approximate surface area is 103 Å². The molecule has 0 spiro atoms. The summed E-state index contributed by atoms with van der Waals surface area (Å²) in [7, 11) is 0. The van der Waals surface area contributed by atoms with Crippen molar-refractivity contribution in [2.75, 3.05) is 0 Å². The van der Waals surface area contributed by atoms with E-state index in [0.29, 0.717) is 0 Å². The highest BCUT2D eigenvalue weighted by molar-refractivity contribution is 14.1. The van der Waals surface area contributed by atoms with E-state index < -0.39 is 30.1 Å². The van der Waals surface area contributed by atoms with Crippen LogP contribution in [0.25, 0.3) is 0 Å². The van der Waals surface area contributed by atoms with Gasteiger partial charge in [0.2, 0.25) is 0 Å². The van der Waals surface area contributed by atoms with E-state index in [1.165, 1.54) is 6.07 Å². The highest BCUT2D eigenvalue weighted by Crippen LogP contribution is 2.27. The van der Waals surface area contributed by atoms with Crippen molar-refractivity contribution < 1.29 is 18.7 Å². The third kappa shape index (κ3) is 2.85. The molecule has 0 aromatic carbocycles. The van der Waals surface area contributed by atoms with Crippen LogP contribution in [-0.2, 0) is 11.2 Å². The molecule has 16 heavy (non-hydrogen) atoms. The number of hydrogen-bond donors (Lipinski definition) is 1. The first kappa shape index (κ1) is 12.8. The summed E-state index contributed by atoms with van der Waals surface area (Å²) < 4.78 is 25.3. The highest BCUT2D eigenvalue weighted by Gasteiger charge is 2.20. The van der Waals surface area contributed by atoms with E-state index in [-0.39, 0.29) is 9.26 Å². The molecule has 0 atom stereocenters. The molecule has 1 aromatic rings. The van der Waals surface area contributed by atoms with Crippen molar-refractivity contribution >= 4 is 28.6 Å². The summed E-state index contributed by atoms with van der Waals surface area (Å²) >= 11 is 1.63. The Kier molecular flexibility index (Phi) is 4.12. The lowest BCUT2D eigenvalue weighted by molar-refractivity contribution is -0.136. The number of halogens is 3. The number of carboxylic acids is 1. The monoisotopic (exact) mass is 338 g/mol. The molecular weight excluding hydrogens is 333 g/mol. The maximum Gasteiger partial charge on any atom is 0.309 e. The van der Waals surface area contributed by atoms with E-state index in [1.807, 2.05) is 0 Å². The molecule has 0 aliphatic rings. The molecular formula is C9H5F2IN2O2. The Morgan fingerprint density at radius 3 is 2.75 bits per heavy atom. The maximum absolute atomic E-state index is 12.6. The number of nitrogens with zero attached hydrogens (tertiary/aromatic N) is 2. The predicted molar refractivity (Wildman–Crippen MR) is 58.0 cm³/mol. The number of nitriles is 1. The number of hydrogen-bond acceptors (Lipinski definition) is 3. The van der Waals surface area contributed by atoms with E-state index in [4.69, 9.17) is 10.4 Å². The first-order valence-corrected chi connectivity index (χ1v) is 5.13. The Hall–Kier alpha value is -1.30. The summed E-state index contributed by atoms with van der Waals surface area (Å²) in [6.45, 7) is 0. The third-order valence-electron chi connectivity index (χ3n) is 1.72. The number of aliphatic carboxylic acids is 1. The molecule has 0 bridgehead atoms. The quantitative estimate of drug-likeness (QED) is 0.857. The molecule has 1 heterocycles. The zero-order valence-corrected chi connectivity index (χ0v) is 9.90. The van der Waals surface area contributed by atoms with E-state index >= 15 is 0 Å². The fraction of sp³-hybridized carbons (Fsp3) is 0.222. The van der Waals surface area contributed by atoms with Gasteiger partial charge in [0.25, 0.3) is 6.43 Å². The van der Waals surface area contributed by atoms with Crippen LogP contribution < -0.4 is 0 Å². The molecule has 7 heteroatoms. The van der Waals surface area contributed by atoms with Crippen LogP contribution in [0.4, 0.5) is 8.78 Å². The minimum atomic E-state index is -2.80. The van der Waals surface area contributed by atoms with Crippen LogP contribution in [0.2, 0.25) is 0 Å². The number of carboxylic acid groups (broad SMARTS) is 1. The van der Waals surface area contributed by atoms with Crippen LogP contribution in [0.1, 0.15) is 23.4 Å². The van der Waals surface area contributed by atoms with Gasteiger partial charge in [0.15, 0.2) is 5.69 Å². The first-order valence-electron chi connectivity index (χ1n) is 4.05. The summed E-state index contributed by atoms with van der Waals surface area (Å²) in [6.07, 6.45) is -3.19. The SMILES string of the molecule is N#Cc1nc(CC(=O)O)cc(I)c1C(F)F. The van der Waals surface area contributed by atoms with Crippen LogP contribution in [-0.4, -0.2) is 16.1 Å². The normalized spacial score (nSPS) is 10.2. The lowest BCUT2D eigenvalue weighted by atomic mass is 10.1. The Bertz CT molecular complexity index is 471. The van der Waals surface area contributed by atoms with Gasteiger partial charge < -0.3 is 5.11 Å². The molecule has 1 rings (SSSR count). The zero-order valence-electron chi connectivity index (χ0n) is 7.75. The lowest BCUT2D eigenvalue weighted by Crippen LogP contribution is -2.07. The predicted octanol–water partition coefficient (Wildman–Crippen LogP) is 2.12. The summed E-state index contributed by atoms with van der Waals surface area (Å²) in [4.78, 5) is 14.0. The van der Waals surface area contributed by atoms with Gasteiger partial charge >= 0.3 is 5.97 Å². The average molecular weight is 338 g/mol. The Balaban J connectivity index is 3.28. The molecule has 0 amide bonds. The largest absolute Gasteiger partial charge is 0.481 e. The molecule has 1 N–H and O–H groups in total. The van der Waals surface area contributed by atoms with Gasteiger partial charge in [0, 0.05) is 3.57 Å². The van der Waals surface area contributed by atoms with Crippen LogP contribution in [0.5, 0.6) is 0 Å². The number of rotatable bonds is 3. The van der Waals surface area contributed by atoms with E-state index in [1.54, 1.807) is 28.7 Å². The van der Waals surface area contributed by atoms with Crippen molar-refractivity contribution in [2.45, 2.75) is 12.8 Å². The average Bonchev–Trinajstić information content (AvgIpc) is 2.14. The molecule has 4 nitrogen and oxygen atoms in total. The maximum atomic E-state index is 12.6. The molecule has 0 aliphatic heterocycles. The van der Waals surface area contributed by atoms with Crippen LogP contribution in [0.15, 0.2) is 6.07 Å². The van der Waals surface area contributed by atoms with Gasteiger partial charge in [-0.2, -0.15) is 5.26 Å². The lowest BCUT2D eigenvalue weighted by Gasteiger charge is -2.07. The second-order valence-electron chi connectivity index (χ2n) is 2.84. The van der Waals surface area contributed by atoms with Gasteiger partial charge in [-0.25, -0.2) is 13.8 Å². The van der Waals surface area contributed by atoms with Crippen molar-refractivity contribution in [3.8, 4) is 6.07 Å². The minimum Gasteiger partial charge on any atom is -0.481 e. The standard InChI is InChI=1S/C9H5F2IN2O2/c10-9(11)8-5(12)1-4(2-7(15)16)14-6(8)3-13/h1,9H,2H2,(H,15,16). The molecule has 0 unspecified atom stereocenters. The topological polar surface area (TPSA) is 74.0 Å². The van der Waals surface area contributed by atoms with Crippen LogP contribution in [0.3, 0.4) is 0 Å². The van der Waals surface area contributed by atoms with Gasteiger partial charge in [-0.1, -0.05) is 0 Å². The van der Waals surface area contributed by atoms with E-state index in [0.717, 1.165) is 0 Å². The van der Waals surface area contributed by atoms with Gasteiger partial charge in [-0.05, 0) is 28.7 Å². The first-order chi connectivity index (χ1) is 7.45. The number of aromatic nitrogens is 1. The molecule has 84 valence electrons. The van der Waals surface area contributed by atoms with Gasteiger partial charge in [0.1, 0.15) is 6.07 Å². The molecule has 1 aromatic heterocycles. The summed E-state index contributed by atoms with van der Waals surface area (Å²) in [6, 6.07) is 2.79. The van der Waals surface area contributed by atoms with Gasteiger partial charge in [0.05, 0.1) is 17.7 Å². The fourth-order valence-corrected chi connectivity index (χ4v) is 1.96. The molecule has 0 aliphatic carbocycles. The van der Waals surface area contributed by atoms with E-state index in [2.05, 4.69) is 4.98 Å². The van der Waals surface area contributed by atoms with Crippen molar-refractivity contribution in [3.63, 3.8) is 0 Å². The second kappa shape index (κ2) is 5.16. The minimum absolute atomic E-state index is 0.0952. The van der Waals surface area contributed by atoms with Crippen molar-refractivity contribution in [3.05, 3.63) is 26.6 Å². The Morgan fingerprint density at radius 2 is 2.31 bits per heavy atom. The van der Waals surface area contributed by atoms with Gasteiger partial charge in [-0.15, -0.1) is 0 Å². The zero-order chi connectivity index (χ0) is 12.3. The van der Waals surface area contributed by atoms with Crippen molar-refractivity contribution in [1.82, 2.24) is 4.98 Å². The smallest absolute Gasteiger partial charge is 0.309 e.